The number of nitrogens with one attached hydrogen (secondary N) is 1. The van der Waals surface area contributed by atoms with Crippen LogP contribution in [-0.4, -0.2) is 36.4 Å². The molecule has 1 aromatic heterocycles. The molecule has 31 heavy (non-hydrogen) atoms. The molecule has 0 spiro atoms. The standard InChI is InChI=1S/C18H25F3N6O2S2/c1-4-6-10-27(11-7-5-2)14-8-9-15(23-24-17-22-13(3)25-30-17)16(12-14)26-31(28,29)18(19,20)21/h8-9,12,26H,4-7,10-11H2,1-3H3. The van der Waals surface area contributed by atoms with Crippen LogP contribution in [0.3, 0.4) is 0 Å². The Kier molecular flexibility index (Phi) is 8.74. The highest BCUT2D eigenvalue weighted by molar-refractivity contribution is 7.93. The molecular formula is C18H25F3N6O2S2. The van der Waals surface area contributed by atoms with Crippen molar-refractivity contribution in [3.05, 3.63) is 24.0 Å². The Labute approximate surface area is 183 Å². The molecule has 0 radical (unpaired) electrons. The van der Waals surface area contributed by atoms with Gasteiger partial charge in [0.15, 0.2) is 0 Å². The smallest absolute Gasteiger partial charge is 0.371 e. The molecule has 0 fully saturated rings. The van der Waals surface area contributed by atoms with Crippen LogP contribution in [0.25, 0.3) is 0 Å². The normalized spacial score (nSPS) is 12.5. The first-order valence-corrected chi connectivity index (χ1v) is 12.0. The molecule has 172 valence electrons. The van der Waals surface area contributed by atoms with Crippen molar-refractivity contribution in [1.82, 2.24) is 9.36 Å². The summed E-state index contributed by atoms with van der Waals surface area (Å²) in [6.45, 7) is 7.15. The monoisotopic (exact) mass is 478 g/mol. The third-order valence-electron chi connectivity index (χ3n) is 4.22. The van der Waals surface area contributed by atoms with E-state index in [1.54, 1.807) is 17.7 Å². The number of sulfonamides is 1. The van der Waals surface area contributed by atoms with Crippen LogP contribution >= 0.6 is 11.5 Å². The molecule has 1 N–H and O–H groups in total. The third-order valence-corrected chi connectivity index (χ3v) is 6.01. The number of hydrogen-bond donors (Lipinski definition) is 1. The Balaban J connectivity index is 2.45. The minimum Gasteiger partial charge on any atom is -0.371 e. The molecule has 0 saturated carbocycles. The van der Waals surface area contributed by atoms with E-state index in [1.165, 1.54) is 12.1 Å². The van der Waals surface area contributed by atoms with Crippen LogP contribution in [0.15, 0.2) is 28.4 Å². The molecule has 0 aliphatic rings. The van der Waals surface area contributed by atoms with Gasteiger partial charge in [0.1, 0.15) is 11.5 Å². The second-order valence-electron chi connectivity index (χ2n) is 6.77. The van der Waals surface area contributed by atoms with E-state index in [1.807, 2.05) is 18.7 Å². The third kappa shape index (κ3) is 7.13. The highest BCUT2D eigenvalue weighted by atomic mass is 32.2. The lowest BCUT2D eigenvalue weighted by Gasteiger charge is -2.25. The summed E-state index contributed by atoms with van der Waals surface area (Å²) in [5.74, 6) is 0.481. The maximum atomic E-state index is 13.0. The average molecular weight is 479 g/mol. The van der Waals surface area contributed by atoms with Crippen LogP contribution in [0.4, 0.5) is 35.4 Å². The Morgan fingerprint density at radius 1 is 1.13 bits per heavy atom. The van der Waals surface area contributed by atoms with E-state index in [0.29, 0.717) is 24.6 Å². The Morgan fingerprint density at radius 3 is 2.29 bits per heavy atom. The molecule has 0 bridgehead atoms. The van der Waals surface area contributed by atoms with Crippen LogP contribution in [0.5, 0.6) is 0 Å². The van der Waals surface area contributed by atoms with E-state index in [2.05, 4.69) is 19.6 Å². The second-order valence-corrected chi connectivity index (χ2v) is 9.18. The number of halogens is 3. The number of rotatable bonds is 11. The average Bonchev–Trinajstić information content (AvgIpc) is 3.11. The van der Waals surface area contributed by atoms with Crippen molar-refractivity contribution in [3.63, 3.8) is 0 Å². The number of hydrogen-bond acceptors (Lipinski definition) is 8. The van der Waals surface area contributed by atoms with Gasteiger partial charge in [-0.05, 0) is 38.0 Å². The molecule has 8 nitrogen and oxygen atoms in total. The molecule has 0 aliphatic heterocycles. The zero-order valence-corrected chi connectivity index (χ0v) is 19.1. The molecule has 1 heterocycles. The fraction of sp³-hybridized carbons (Fsp3) is 0.556. The van der Waals surface area contributed by atoms with Crippen molar-refractivity contribution in [2.24, 2.45) is 10.2 Å². The van der Waals surface area contributed by atoms with Gasteiger partial charge in [0, 0.05) is 30.3 Å². The second kappa shape index (κ2) is 10.8. The number of alkyl halides is 3. The number of benzene rings is 1. The van der Waals surface area contributed by atoms with Gasteiger partial charge in [0.25, 0.3) is 0 Å². The summed E-state index contributed by atoms with van der Waals surface area (Å²) in [7, 11) is -5.62. The van der Waals surface area contributed by atoms with Gasteiger partial charge >= 0.3 is 15.5 Å². The van der Waals surface area contributed by atoms with Crippen LogP contribution in [0.1, 0.15) is 45.4 Å². The Bertz CT molecular complexity index is 984. The van der Waals surface area contributed by atoms with Crippen LogP contribution in [0, 0.1) is 6.92 Å². The van der Waals surface area contributed by atoms with Gasteiger partial charge in [-0.2, -0.15) is 26.0 Å². The van der Waals surface area contributed by atoms with Crippen molar-refractivity contribution in [2.75, 3.05) is 22.7 Å². The lowest BCUT2D eigenvalue weighted by Crippen LogP contribution is -2.30. The van der Waals surface area contributed by atoms with E-state index >= 15 is 0 Å². The highest BCUT2D eigenvalue weighted by Crippen LogP contribution is 2.35. The van der Waals surface area contributed by atoms with Crippen molar-refractivity contribution >= 4 is 43.7 Å². The maximum Gasteiger partial charge on any atom is 0.516 e. The van der Waals surface area contributed by atoms with Gasteiger partial charge in [-0.3, -0.25) is 4.72 Å². The largest absolute Gasteiger partial charge is 0.516 e. The SMILES string of the molecule is CCCCN(CCCC)c1ccc(N=Nc2nc(C)ns2)c(NS(=O)(=O)C(F)(F)F)c1. The zero-order chi connectivity index (χ0) is 23.1. The number of azo groups is 1. The minimum absolute atomic E-state index is 0.0599. The Morgan fingerprint density at radius 2 is 1.77 bits per heavy atom. The van der Waals surface area contributed by atoms with Gasteiger partial charge < -0.3 is 4.90 Å². The summed E-state index contributed by atoms with van der Waals surface area (Å²) < 4.78 is 67.9. The number of nitrogens with zero attached hydrogens (tertiary/aromatic N) is 5. The van der Waals surface area contributed by atoms with E-state index < -0.39 is 15.5 Å². The Hall–Kier alpha value is -2.28. The molecule has 0 saturated heterocycles. The molecule has 2 rings (SSSR count). The van der Waals surface area contributed by atoms with Crippen LogP contribution in [-0.2, 0) is 10.0 Å². The van der Waals surface area contributed by atoms with Gasteiger partial charge in [-0.15, -0.1) is 10.2 Å². The number of unbranched alkanes of at least 4 members (excludes halogenated alkanes) is 2. The highest BCUT2D eigenvalue weighted by Gasteiger charge is 2.46. The topological polar surface area (TPSA) is 99.9 Å². The van der Waals surface area contributed by atoms with Gasteiger partial charge in [-0.25, -0.2) is 4.98 Å². The van der Waals surface area contributed by atoms with Gasteiger partial charge in [0.2, 0.25) is 5.13 Å². The van der Waals surface area contributed by atoms with Crippen LogP contribution in [0.2, 0.25) is 0 Å². The van der Waals surface area contributed by atoms with E-state index in [9.17, 15) is 21.6 Å². The molecule has 13 heteroatoms. The predicted molar refractivity (Wildman–Crippen MR) is 116 cm³/mol. The molecule has 1 aromatic carbocycles. The fourth-order valence-corrected chi connectivity index (χ4v) is 3.66. The quantitative estimate of drug-likeness (QED) is 0.404. The summed E-state index contributed by atoms with van der Waals surface area (Å²) >= 11 is 0.970. The van der Waals surface area contributed by atoms with E-state index in [4.69, 9.17) is 0 Å². The first-order valence-electron chi connectivity index (χ1n) is 9.77. The van der Waals surface area contributed by atoms with Crippen molar-refractivity contribution in [2.45, 2.75) is 52.0 Å². The molecule has 0 unspecified atom stereocenters. The summed E-state index contributed by atoms with van der Waals surface area (Å²) in [5, 5.41) is 7.97. The summed E-state index contributed by atoms with van der Waals surface area (Å²) in [4.78, 5) is 6.02. The number of aryl methyl sites for hydroxylation is 1. The molecule has 0 aliphatic carbocycles. The minimum atomic E-state index is -5.62. The molecule has 0 amide bonds. The van der Waals surface area contributed by atoms with Crippen LogP contribution < -0.4 is 9.62 Å². The first-order chi connectivity index (χ1) is 14.6. The fourth-order valence-electron chi connectivity index (χ4n) is 2.58. The molecule has 2 aromatic rings. The zero-order valence-electron chi connectivity index (χ0n) is 17.5. The van der Waals surface area contributed by atoms with Gasteiger partial charge in [-0.1, -0.05) is 26.7 Å². The summed E-state index contributed by atoms with van der Waals surface area (Å²) in [5.41, 5.74) is -5.22. The lowest BCUT2D eigenvalue weighted by molar-refractivity contribution is -0.0429. The molecular weight excluding hydrogens is 453 g/mol. The van der Waals surface area contributed by atoms with E-state index in [0.717, 1.165) is 37.2 Å². The van der Waals surface area contributed by atoms with Crippen molar-refractivity contribution in [3.8, 4) is 0 Å². The molecule has 0 atom stereocenters. The van der Waals surface area contributed by atoms with Crippen molar-refractivity contribution in [1.29, 1.82) is 0 Å². The van der Waals surface area contributed by atoms with Crippen molar-refractivity contribution < 1.29 is 21.6 Å². The first kappa shape index (κ1) is 25.0. The van der Waals surface area contributed by atoms with Gasteiger partial charge in [0.05, 0.1) is 5.69 Å². The predicted octanol–water partition coefficient (Wildman–Crippen LogP) is 5.93. The van der Waals surface area contributed by atoms with E-state index in [-0.39, 0.29) is 16.5 Å². The maximum absolute atomic E-state index is 13.0. The summed E-state index contributed by atoms with van der Waals surface area (Å²) in [6, 6.07) is 4.48. The number of anilines is 2. The number of aromatic nitrogens is 2. The lowest BCUT2D eigenvalue weighted by atomic mass is 10.2. The summed E-state index contributed by atoms with van der Waals surface area (Å²) in [6.07, 6.45) is 3.68.